The van der Waals surface area contributed by atoms with E-state index in [-0.39, 0.29) is 53.7 Å². The second-order valence-corrected chi connectivity index (χ2v) is 12.4. The number of rotatable bonds is 7. The highest BCUT2D eigenvalue weighted by Crippen LogP contribution is 2.56. The number of carbonyl (C=O) groups is 3. The maximum atomic E-state index is 14.5. The maximum absolute atomic E-state index is 14.5. The van der Waals surface area contributed by atoms with Crippen LogP contribution in [-0.4, -0.2) is 68.9 Å². The van der Waals surface area contributed by atoms with E-state index in [2.05, 4.69) is 5.16 Å². The second kappa shape index (κ2) is 12.0. The van der Waals surface area contributed by atoms with Crippen LogP contribution in [0.5, 0.6) is 11.6 Å². The summed E-state index contributed by atoms with van der Waals surface area (Å²) in [4.78, 5) is 44.0. The van der Waals surface area contributed by atoms with Gasteiger partial charge in [-0.15, -0.1) is 0 Å². The van der Waals surface area contributed by atoms with Crippen molar-refractivity contribution in [3.05, 3.63) is 118 Å². The number of hydrogen-bond acceptors (Lipinski definition) is 12. The molecule has 0 amide bonds. The van der Waals surface area contributed by atoms with E-state index in [1.165, 1.54) is 6.07 Å². The molecule has 3 aromatic carbocycles. The lowest BCUT2D eigenvalue weighted by molar-refractivity contribution is -0.159. The molecule has 1 heterocycles. The summed E-state index contributed by atoms with van der Waals surface area (Å²) in [6.45, 7) is -0.113. The van der Waals surface area contributed by atoms with Crippen molar-refractivity contribution in [3.8, 4) is 11.6 Å². The Kier molecular flexibility index (Phi) is 7.77. The second-order valence-electron chi connectivity index (χ2n) is 12.4. The first-order valence-corrected chi connectivity index (χ1v) is 15.4. The van der Waals surface area contributed by atoms with Crippen molar-refractivity contribution in [1.29, 1.82) is 0 Å². The lowest BCUT2D eigenvalue weighted by Crippen LogP contribution is -2.68. The van der Waals surface area contributed by atoms with Crippen LogP contribution >= 0.6 is 0 Å². The molecule has 1 saturated carbocycles. The number of ether oxygens (including phenoxy) is 3. The topological polar surface area (TPSA) is 169 Å². The number of aliphatic hydroxyl groups is 2. The Bertz CT molecular complexity index is 1940. The summed E-state index contributed by atoms with van der Waals surface area (Å²) >= 11 is 0. The summed E-state index contributed by atoms with van der Waals surface area (Å²) < 4.78 is 23.0. The van der Waals surface area contributed by atoms with E-state index in [1.807, 2.05) is 36.4 Å². The van der Waals surface area contributed by atoms with Gasteiger partial charge in [-0.25, -0.2) is 4.79 Å². The van der Waals surface area contributed by atoms with E-state index in [4.69, 9.17) is 18.7 Å². The molecule has 3 aliphatic carbocycles. The molecule has 1 aromatic heterocycles. The standard InChI is InChI=1S/C36H32N2O10/c1-38(2)28-27-30(47-35(43)46-18-20-12-7-4-8-13-20)22-16-21-14-9-15-23(39)24(21)29(40)25(22)32(41)36(27,44)33(42)26-31(28)48-37-34(26)45-17-19-10-5-3-6-11-19/h3-15,22,27-28,30,39-40,44H,16-18H2,1-2H3/t22-,27-,28+,30+,36+/m1/s1. The van der Waals surface area contributed by atoms with E-state index in [1.54, 1.807) is 55.4 Å². The highest BCUT2D eigenvalue weighted by Gasteiger charge is 2.70. The number of nitrogens with zero attached hydrogens (tertiary/aromatic N) is 2. The van der Waals surface area contributed by atoms with Gasteiger partial charge in [0.05, 0.1) is 17.5 Å². The number of benzene rings is 3. The zero-order valence-electron chi connectivity index (χ0n) is 26.0. The Morgan fingerprint density at radius 2 is 1.58 bits per heavy atom. The minimum Gasteiger partial charge on any atom is -0.507 e. The molecule has 0 unspecified atom stereocenters. The molecule has 7 rings (SSSR count). The molecule has 0 spiro atoms. The third-order valence-corrected chi connectivity index (χ3v) is 9.33. The number of aliphatic hydroxyl groups excluding tert-OH is 1. The van der Waals surface area contributed by atoms with E-state index >= 15 is 0 Å². The van der Waals surface area contributed by atoms with Gasteiger partial charge in [0.1, 0.15) is 36.4 Å². The molecular formula is C36H32N2O10. The molecule has 4 aromatic rings. The third kappa shape index (κ3) is 4.92. The average Bonchev–Trinajstić information content (AvgIpc) is 3.50. The van der Waals surface area contributed by atoms with Crippen LogP contribution in [0.1, 0.15) is 44.4 Å². The van der Waals surface area contributed by atoms with Crippen LogP contribution in [0.25, 0.3) is 5.76 Å². The molecule has 246 valence electrons. The monoisotopic (exact) mass is 652 g/mol. The van der Waals surface area contributed by atoms with E-state index < -0.39 is 53.1 Å². The number of carbonyl (C=O) groups excluding carboxylic acids is 3. The van der Waals surface area contributed by atoms with Crippen LogP contribution < -0.4 is 4.74 Å². The molecule has 0 bridgehead atoms. The van der Waals surface area contributed by atoms with Gasteiger partial charge in [-0.2, -0.15) is 0 Å². The smallest absolute Gasteiger partial charge is 0.507 e. The number of hydrogen-bond donors (Lipinski definition) is 3. The predicted octanol–water partition coefficient (Wildman–Crippen LogP) is 4.55. The minimum atomic E-state index is -2.87. The summed E-state index contributed by atoms with van der Waals surface area (Å²) in [6, 6.07) is 21.6. The molecular weight excluding hydrogens is 620 g/mol. The molecule has 12 nitrogen and oxygen atoms in total. The SMILES string of the molecule is CN(C)[C@@H]1c2onc(OCc3ccccc3)c2C(=O)[C@@]2(O)C(=O)C3=C(O)c4c(O)cccc4C[C@H]3[C@H](OC(=O)OCc3ccccc3)[C@@H]12. The zero-order chi connectivity index (χ0) is 33.7. The van der Waals surface area contributed by atoms with Crippen molar-refractivity contribution >= 4 is 23.5 Å². The number of Topliss-reactive ketones (excluding diaryl/α,β-unsaturated/α-hetero) is 2. The minimum absolute atomic E-state index is 0.00507. The van der Waals surface area contributed by atoms with Gasteiger partial charge < -0.3 is 34.1 Å². The lowest BCUT2D eigenvalue weighted by atomic mass is 9.55. The van der Waals surface area contributed by atoms with Crippen LogP contribution in [0.15, 0.2) is 89.0 Å². The van der Waals surface area contributed by atoms with Crippen LogP contribution in [0.4, 0.5) is 4.79 Å². The maximum Gasteiger partial charge on any atom is 0.508 e. The average molecular weight is 653 g/mol. The first kappa shape index (κ1) is 31.2. The number of phenols is 1. The van der Waals surface area contributed by atoms with Gasteiger partial charge in [-0.1, -0.05) is 72.8 Å². The molecule has 0 saturated heterocycles. The van der Waals surface area contributed by atoms with Gasteiger partial charge in [0.15, 0.2) is 11.4 Å². The summed E-state index contributed by atoms with van der Waals surface area (Å²) in [7, 11) is 3.31. The molecule has 5 atom stereocenters. The van der Waals surface area contributed by atoms with Crippen molar-refractivity contribution < 1.29 is 48.4 Å². The molecule has 48 heavy (non-hydrogen) atoms. The van der Waals surface area contributed by atoms with Gasteiger partial charge >= 0.3 is 6.16 Å². The normalized spacial score (nSPS) is 24.3. The molecule has 0 radical (unpaired) electrons. The third-order valence-electron chi connectivity index (χ3n) is 9.33. The molecule has 1 fully saturated rings. The predicted molar refractivity (Wildman–Crippen MR) is 168 cm³/mol. The summed E-state index contributed by atoms with van der Waals surface area (Å²) in [6.07, 6.45) is -2.48. The summed E-state index contributed by atoms with van der Waals surface area (Å²) in [5, 5.41) is 38.7. The van der Waals surface area contributed by atoms with Crippen molar-refractivity contribution in [2.24, 2.45) is 11.8 Å². The van der Waals surface area contributed by atoms with Crippen molar-refractivity contribution in [2.45, 2.75) is 37.4 Å². The fraction of sp³-hybridized carbons (Fsp3) is 0.278. The Balaban J connectivity index is 1.34. The summed E-state index contributed by atoms with van der Waals surface area (Å²) in [5.41, 5.74) is -1.52. The van der Waals surface area contributed by atoms with E-state index in [9.17, 15) is 29.7 Å². The fourth-order valence-electron chi connectivity index (χ4n) is 7.19. The van der Waals surface area contributed by atoms with Crippen LogP contribution in [0, 0.1) is 11.8 Å². The molecule has 3 N–H and O–H groups in total. The van der Waals surface area contributed by atoms with Crippen LogP contribution in [-0.2, 0) is 33.9 Å². The molecule has 12 heteroatoms. The zero-order valence-corrected chi connectivity index (χ0v) is 26.0. The number of aromatic nitrogens is 1. The highest BCUT2D eigenvalue weighted by molar-refractivity contribution is 6.26. The van der Waals surface area contributed by atoms with Gasteiger partial charge in [0.25, 0.3) is 5.88 Å². The quantitative estimate of drug-likeness (QED) is 0.188. The van der Waals surface area contributed by atoms with Crippen molar-refractivity contribution in [3.63, 3.8) is 0 Å². The number of ketones is 2. The molecule has 0 aliphatic heterocycles. The lowest BCUT2D eigenvalue weighted by Gasteiger charge is -2.52. The number of fused-ring (bicyclic) bond motifs is 4. The van der Waals surface area contributed by atoms with Gasteiger partial charge in [-0.05, 0) is 48.4 Å². The van der Waals surface area contributed by atoms with Gasteiger partial charge in [-0.3, -0.25) is 14.5 Å². The van der Waals surface area contributed by atoms with Crippen LogP contribution in [0.3, 0.4) is 0 Å². The van der Waals surface area contributed by atoms with Gasteiger partial charge in [0.2, 0.25) is 11.6 Å². The van der Waals surface area contributed by atoms with E-state index in [0.717, 1.165) is 5.56 Å². The van der Waals surface area contributed by atoms with Crippen molar-refractivity contribution in [1.82, 2.24) is 10.1 Å². The Morgan fingerprint density at radius 3 is 2.25 bits per heavy atom. The highest BCUT2D eigenvalue weighted by atomic mass is 16.7. The Hall–Kier alpha value is -5.46. The summed E-state index contributed by atoms with van der Waals surface area (Å²) in [5.74, 6) is -5.74. The van der Waals surface area contributed by atoms with Crippen LogP contribution in [0.2, 0.25) is 0 Å². The Labute approximate surface area is 274 Å². The number of aromatic hydroxyl groups is 1. The first-order valence-electron chi connectivity index (χ1n) is 15.4. The molecule has 3 aliphatic rings. The van der Waals surface area contributed by atoms with Gasteiger partial charge in [0, 0.05) is 11.5 Å². The first-order chi connectivity index (χ1) is 23.1. The fourth-order valence-corrected chi connectivity index (χ4v) is 7.19. The Morgan fingerprint density at radius 1 is 0.917 bits per heavy atom. The van der Waals surface area contributed by atoms with E-state index in [0.29, 0.717) is 11.1 Å². The number of phenolic OH excluding ortho intramolecular Hbond substituents is 1. The largest absolute Gasteiger partial charge is 0.508 e. The van der Waals surface area contributed by atoms with Crippen molar-refractivity contribution in [2.75, 3.05) is 14.1 Å².